The maximum atomic E-state index is 5.76. The monoisotopic (exact) mass is 416 g/mol. The maximum Gasteiger partial charge on any atom is 0.276 e. The second kappa shape index (κ2) is 10.1. The van der Waals surface area contributed by atoms with Crippen molar-refractivity contribution in [1.82, 2.24) is 10.2 Å². The van der Waals surface area contributed by atoms with Crippen LogP contribution in [0.25, 0.3) is 11.5 Å². The van der Waals surface area contributed by atoms with Gasteiger partial charge in [-0.2, -0.15) is 0 Å². The first-order chi connectivity index (χ1) is 14.2. The fourth-order valence-electron chi connectivity index (χ4n) is 2.70. The van der Waals surface area contributed by atoms with E-state index in [9.17, 15) is 0 Å². The highest BCUT2D eigenvalue weighted by Crippen LogP contribution is 2.41. The largest absolute Gasteiger partial charge is 0.493 e. The van der Waals surface area contributed by atoms with Crippen LogP contribution < -0.4 is 18.9 Å². The number of aromatic nitrogens is 2. The highest BCUT2D eigenvalue weighted by Gasteiger charge is 2.17. The molecule has 0 atom stereocenters. The highest BCUT2D eigenvalue weighted by molar-refractivity contribution is 7.99. The number of ether oxygens (including phenoxy) is 4. The number of benzene rings is 2. The smallest absolute Gasteiger partial charge is 0.276 e. The van der Waals surface area contributed by atoms with Gasteiger partial charge in [0.05, 0.1) is 27.9 Å². The molecule has 0 amide bonds. The number of hydrogen-bond donors (Lipinski definition) is 0. The Kier molecular flexibility index (Phi) is 7.24. The Morgan fingerprint density at radius 3 is 2.21 bits per heavy atom. The molecule has 0 radical (unpaired) electrons. The molecule has 0 N–H and O–H groups in total. The summed E-state index contributed by atoms with van der Waals surface area (Å²) in [6.07, 6.45) is 1.02. The zero-order chi connectivity index (χ0) is 20.6. The summed E-state index contributed by atoms with van der Waals surface area (Å²) in [4.78, 5) is 0. The van der Waals surface area contributed by atoms with E-state index in [1.807, 2.05) is 12.1 Å². The summed E-state index contributed by atoms with van der Waals surface area (Å²) in [5.41, 5.74) is 1.98. The lowest BCUT2D eigenvalue weighted by Gasteiger charge is -2.12. The molecule has 2 aromatic carbocycles. The van der Waals surface area contributed by atoms with Gasteiger partial charge in [0.2, 0.25) is 11.6 Å². The van der Waals surface area contributed by atoms with Crippen molar-refractivity contribution < 1.29 is 23.4 Å². The van der Waals surface area contributed by atoms with E-state index in [4.69, 9.17) is 23.4 Å². The molecule has 0 bridgehead atoms. The van der Waals surface area contributed by atoms with E-state index in [1.54, 1.807) is 33.5 Å². The number of rotatable bonds is 10. The summed E-state index contributed by atoms with van der Waals surface area (Å²) < 4.78 is 27.6. The number of nitrogens with zero attached hydrogens (tertiary/aromatic N) is 2. The molecule has 3 aromatic rings. The third-order valence-corrected chi connectivity index (χ3v) is 5.01. The van der Waals surface area contributed by atoms with Gasteiger partial charge in [-0.05, 0) is 36.2 Å². The van der Waals surface area contributed by atoms with E-state index < -0.39 is 0 Å². The van der Waals surface area contributed by atoms with Gasteiger partial charge in [-0.3, -0.25) is 0 Å². The lowest BCUT2D eigenvalue weighted by Crippen LogP contribution is -2.00. The number of aryl methyl sites for hydroxylation is 1. The topological polar surface area (TPSA) is 75.8 Å². The molecule has 1 aromatic heterocycles. The third kappa shape index (κ3) is 5.14. The zero-order valence-corrected chi connectivity index (χ0v) is 17.7. The summed E-state index contributed by atoms with van der Waals surface area (Å²) in [5, 5.41) is 8.68. The van der Waals surface area contributed by atoms with Crippen molar-refractivity contribution in [1.29, 1.82) is 0 Å². The van der Waals surface area contributed by atoms with E-state index >= 15 is 0 Å². The van der Waals surface area contributed by atoms with E-state index in [0.29, 0.717) is 46.3 Å². The minimum Gasteiger partial charge on any atom is -0.493 e. The second-order valence-corrected chi connectivity index (χ2v) is 7.03. The Morgan fingerprint density at radius 1 is 0.931 bits per heavy atom. The predicted molar refractivity (Wildman–Crippen MR) is 111 cm³/mol. The van der Waals surface area contributed by atoms with Gasteiger partial charge in [0, 0.05) is 11.3 Å². The molecule has 0 aliphatic carbocycles. The number of methoxy groups -OCH3 is 3. The molecular formula is C21H24N2O5S. The Hall–Kier alpha value is -2.87. The van der Waals surface area contributed by atoms with Crippen LogP contribution in [0.4, 0.5) is 0 Å². The van der Waals surface area contributed by atoms with Crippen LogP contribution in [0.1, 0.15) is 12.5 Å². The van der Waals surface area contributed by atoms with Crippen LogP contribution in [0.15, 0.2) is 46.0 Å². The standard InChI is InChI=1S/C21H24N2O5S/c1-5-14-6-8-16(9-7-14)27-10-11-29-21-23-22-20(28-21)15-12-17(24-2)19(26-4)18(13-15)25-3/h6-9,12-13H,5,10-11H2,1-4H3. The van der Waals surface area contributed by atoms with Crippen LogP contribution in [-0.2, 0) is 6.42 Å². The van der Waals surface area contributed by atoms with Crippen molar-refractivity contribution in [2.75, 3.05) is 33.7 Å². The molecule has 0 aliphatic rings. The lowest BCUT2D eigenvalue weighted by molar-refractivity contribution is 0.324. The van der Waals surface area contributed by atoms with Gasteiger partial charge in [0.1, 0.15) is 5.75 Å². The van der Waals surface area contributed by atoms with Crippen LogP contribution >= 0.6 is 11.8 Å². The molecule has 29 heavy (non-hydrogen) atoms. The molecule has 8 heteroatoms. The van der Waals surface area contributed by atoms with Gasteiger partial charge in [-0.25, -0.2) is 0 Å². The van der Waals surface area contributed by atoms with Gasteiger partial charge < -0.3 is 23.4 Å². The van der Waals surface area contributed by atoms with Crippen molar-refractivity contribution in [3.63, 3.8) is 0 Å². The van der Waals surface area contributed by atoms with Gasteiger partial charge >= 0.3 is 0 Å². The van der Waals surface area contributed by atoms with Crippen molar-refractivity contribution in [2.45, 2.75) is 18.6 Å². The van der Waals surface area contributed by atoms with Crippen molar-refractivity contribution in [3.8, 4) is 34.5 Å². The van der Waals surface area contributed by atoms with Gasteiger partial charge in [-0.15, -0.1) is 10.2 Å². The fraction of sp³-hybridized carbons (Fsp3) is 0.333. The summed E-state index contributed by atoms with van der Waals surface area (Å²) in [6.45, 7) is 2.67. The number of thioether (sulfide) groups is 1. The summed E-state index contributed by atoms with van der Waals surface area (Å²) in [5.74, 6) is 3.48. The van der Waals surface area contributed by atoms with Crippen molar-refractivity contribution in [2.24, 2.45) is 0 Å². The maximum absolute atomic E-state index is 5.76. The highest BCUT2D eigenvalue weighted by atomic mass is 32.2. The first kappa shape index (κ1) is 20.9. The van der Waals surface area contributed by atoms with Crippen LogP contribution in [0.2, 0.25) is 0 Å². The second-order valence-electron chi connectivity index (χ2n) is 5.98. The third-order valence-electron chi connectivity index (χ3n) is 4.23. The quantitative estimate of drug-likeness (QED) is 0.353. The van der Waals surface area contributed by atoms with Crippen LogP contribution in [0.3, 0.4) is 0 Å². The first-order valence-corrected chi connectivity index (χ1v) is 10.2. The average molecular weight is 416 g/mol. The molecule has 0 aliphatic heterocycles. The van der Waals surface area contributed by atoms with E-state index in [2.05, 4.69) is 29.3 Å². The van der Waals surface area contributed by atoms with Crippen LogP contribution in [0, 0.1) is 0 Å². The van der Waals surface area contributed by atoms with Gasteiger partial charge in [0.15, 0.2) is 11.5 Å². The summed E-state index contributed by atoms with van der Waals surface area (Å²) >= 11 is 1.44. The van der Waals surface area contributed by atoms with Crippen LogP contribution in [-0.4, -0.2) is 43.9 Å². The van der Waals surface area contributed by atoms with E-state index in [1.165, 1.54) is 17.3 Å². The molecule has 1 heterocycles. The minimum absolute atomic E-state index is 0.378. The van der Waals surface area contributed by atoms with Crippen molar-refractivity contribution in [3.05, 3.63) is 42.0 Å². The molecule has 0 saturated carbocycles. The fourth-order valence-corrected chi connectivity index (χ4v) is 3.28. The predicted octanol–water partition coefficient (Wildman–Crippen LogP) is 4.50. The van der Waals surface area contributed by atoms with Crippen molar-refractivity contribution >= 4 is 11.8 Å². The zero-order valence-electron chi connectivity index (χ0n) is 16.9. The Balaban J connectivity index is 1.60. The molecule has 0 spiro atoms. The summed E-state index contributed by atoms with van der Waals surface area (Å²) in [7, 11) is 4.68. The molecule has 0 unspecified atom stereocenters. The van der Waals surface area contributed by atoms with Gasteiger partial charge in [-0.1, -0.05) is 30.8 Å². The van der Waals surface area contributed by atoms with Crippen LogP contribution in [0.5, 0.6) is 23.0 Å². The Morgan fingerprint density at radius 2 is 1.62 bits per heavy atom. The molecule has 154 valence electrons. The number of hydrogen-bond acceptors (Lipinski definition) is 8. The lowest BCUT2D eigenvalue weighted by atomic mass is 10.2. The molecular weight excluding hydrogens is 392 g/mol. The van der Waals surface area contributed by atoms with Gasteiger partial charge in [0.25, 0.3) is 5.22 Å². The minimum atomic E-state index is 0.378. The molecule has 7 nitrogen and oxygen atoms in total. The Labute approximate surface area is 174 Å². The molecule has 0 saturated heterocycles. The normalized spacial score (nSPS) is 10.6. The molecule has 0 fully saturated rings. The molecule has 3 rings (SSSR count). The SMILES string of the molecule is CCc1ccc(OCCSc2nnc(-c3cc(OC)c(OC)c(OC)c3)o2)cc1. The summed E-state index contributed by atoms with van der Waals surface area (Å²) in [6, 6.07) is 11.7. The average Bonchev–Trinajstić information content (AvgIpc) is 3.25. The Bertz CT molecular complexity index is 902. The van der Waals surface area contributed by atoms with E-state index in [0.717, 1.165) is 12.2 Å². The first-order valence-electron chi connectivity index (χ1n) is 9.16. The van der Waals surface area contributed by atoms with E-state index in [-0.39, 0.29) is 0 Å².